The van der Waals surface area contributed by atoms with Gasteiger partial charge in [-0.2, -0.15) is 0 Å². The van der Waals surface area contributed by atoms with Crippen LogP contribution < -0.4 is 19.1 Å². The fraction of sp³-hybridized carbons (Fsp3) is 0.500. The summed E-state index contributed by atoms with van der Waals surface area (Å²) >= 11 is 6.50. The lowest BCUT2D eigenvalue weighted by atomic mass is 9.70. The number of halogens is 1. The SMILES string of the molecule is COc1nn(C)cc1C(=O)NS1(=O)=NC(=O)c2ccc3c(c2)N(Cc2ccc(Cl)cc2CCCCO3)C[C@@H]2CC[C@H]2[C@@H](OC)/C=C/[C@H](OC(=O)N(C)C)CC1C(=O)N(C)C. The van der Waals surface area contributed by atoms with Crippen molar-refractivity contribution in [1.82, 2.24) is 24.3 Å². The van der Waals surface area contributed by atoms with E-state index in [0.717, 1.165) is 43.2 Å². The number of hydrogen-bond donors (Lipinski definition) is 1. The molecule has 3 aliphatic rings. The summed E-state index contributed by atoms with van der Waals surface area (Å²) in [7, 11) is 6.00. The number of nitrogens with zero attached hydrogens (tertiary/aromatic N) is 6. The van der Waals surface area contributed by atoms with E-state index < -0.39 is 57.6 Å². The van der Waals surface area contributed by atoms with Gasteiger partial charge in [0.1, 0.15) is 22.7 Å². The van der Waals surface area contributed by atoms with Crippen LogP contribution in [0.1, 0.15) is 63.9 Å². The third-order valence-electron chi connectivity index (χ3n) is 11.2. The minimum atomic E-state index is -4.42. The van der Waals surface area contributed by atoms with Crippen LogP contribution in [0, 0.1) is 11.8 Å². The van der Waals surface area contributed by atoms with Crippen molar-refractivity contribution in [2.24, 2.45) is 23.2 Å². The van der Waals surface area contributed by atoms with Crippen LogP contribution in [0.5, 0.6) is 11.6 Å². The van der Waals surface area contributed by atoms with Gasteiger partial charge >= 0.3 is 6.09 Å². The normalized spacial score (nSPS) is 25.0. The first-order valence-corrected chi connectivity index (χ1v) is 21.9. The molecule has 2 aromatic carbocycles. The molecule has 2 unspecified atom stereocenters. The van der Waals surface area contributed by atoms with E-state index in [1.165, 1.54) is 62.0 Å². The first-order chi connectivity index (χ1) is 28.6. The average Bonchev–Trinajstić information content (AvgIpc) is 3.58. The average molecular weight is 868 g/mol. The Balaban J connectivity index is 1.57. The molecule has 60 heavy (non-hydrogen) atoms. The van der Waals surface area contributed by atoms with Crippen molar-refractivity contribution in [3.8, 4) is 11.6 Å². The van der Waals surface area contributed by atoms with Crippen molar-refractivity contribution >= 4 is 51.0 Å². The highest BCUT2D eigenvalue weighted by Crippen LogP contribution is 2.42. The number of benzene rings is 2. The maximum atomic E-state index is 15.6. The summed E-state index contributed by atoms with van der Waals surface area (Å²) in [5.74, 6) is -1.97. The molecular weight excluding hydrogens is 814 g/mol. The van der Waals surface area contributed by atoms with E-state index in [1.54, 1.807) is 38.4 Å². The largest absolute Gasteiger partial charge is 0.491 e. The Bertz CT molecular complexity index is 2250. The van der Waals surface area contributed by atoms with Crippen LogP contribution in [0.4, 0.5) is 10.5 Å². The summed E-state index contributed by atoms with van der Waals surface area (Å²) in [6.07, 6.45) is 6.25. The molecular formula is C42H54ClN7O9S. The predicted molar refractivity (Wildman–Crippen MR) is 227 cm³/mol. The van der Waals surface area contributed by atoms with Gasteiger partial charge in [-0.15, -0.1) is 9.46 Å². The summed E-state index contributed by atoms with van der Waals surface area (Å²) in [4.78, 5) is 60.5. The molecule has 1 saturated carbocycles. The molecule has 18 heteroatoms. The molecule has 1 fully saturated rings. The summed E-state index contributed by atoms with van der Waals surface area (Å²) in [5, 5.41) is 3.08. The van der Waals surface area contributed by atoms with Crippen molar-refractivity contribution < 1.29 is 42.3 Å². The molecule has 2 aliphatic heterocycles. The van der Waals surface area contributed by atoms with Crippen LogP contribution in [-0.4, -0.2) is 121 Å². The van der Waals surface area contributed by atoms with E-state index in [1.807, 2.05) is 18.2 Å². The Morgan fingerprint density at radius 2 is 1.78 bits per heavy atom. The van der Waals surface area contributed by atoms with Crippen LogP contribution in [0.15, 0.2) is 59.1 Å². The van der Waals surface area contributed by atoms with Crippen molar-refractivity contribution in [1.29, 1.82) is 0 Å². The number of methoxy groups -OCH3 is 2. The summed E-state index contributed by atoms with van der Waals surface area (Å²) in [5.41, 5.74) is 2.77. The van der Waals surface area contributed by atoms with Gasteiger partial charge in [0.2, 0.25) is 11.8 Å². The number of rotatable bonds is 6. The third-order valence-corrected chi connectivity index (χ3v) is 13.5. The molecule has 3 heterocycles. The van der Waals surface area contributed by atoms with Gasteiger partial charge < -0.3 is 33.6 Å². The molecule has 1 aromatic heterocycles. The minimum absolute atomic E-state index is 0.0491. The predicted octanol–water partition coefficient (Wildman–Crippen LogP) is 5.28. The molecule has 0 saturated heterocycles. The number of carbonyl (C=O) groups excluding carboxylic acids is 4. The monoisotopic (exact) mass is 867 g/mol. The highest BCUT2D eigenvalue weighted by molar-refractivity contribution is 7.94. The van der Waals surface area contributed by atoms with E-state index in [0.29, 0.717) is 36.2 Å². The zero-order chi connectivity index (χ0) is 43.3. The summed E-state index contributed by atoms with van der Waals surface area (Å²) in [6.45, 7) is 1.47. The highest BCUT2D eigenvalue weighted by Gasteiger charge is 2.41. The molecule has 1 N–H and O–H groups in total. The molecule has 0 spiro atoms. The van der Waals surface area contributed by atoms with Crippen molar-refractivity contribution in [3.05, 3.63) is 82.0 Å². The molecule has 4 amide bonds. The second kappa shape index (κ2) is 19.1. The Labute approximate surface area is 356 Å². The second-order valence-electron chi connectivity index (χ2n) is 15.8. The number of amides is 4. The number of aromatic nitrogens is 2. The summed E-state index contributed by atoms with van der Waals surface area (Å²) in [6, 6.07) is 10.8. The molecule has 6 atom stereocenters. The molecule has 0 radical (unpaired) electrons. The lowest BCUT2D eigenvalue weighted by molar-refractivity contribution is -0.128. The minimum Gasteiger partial charge on any atom is -0.491 e. The van der Waals surface area contributed by atoms with Crippen molar-refractivity contribution in [2.75, 3.05) is 60.5 Å². The van der Waals surface area contributed by atoms with Crippen molar-refractivity contribution in [2.45, 2.75) is 62.5 Å². The molecule has 324 valence electrons. The van der Waals surface area contributed by atoms with Crippen LogP contribution >= 0.6 is 11.6 Å². The first-order valence-electron chi connectivity index (χ1n) is 19.9. The number of nitrogens with one attached hydrogen (secondary N) is 1. The Morgan fingerprint density at radius 1 is 1.00 bits per heavy atom. The van der Waals surface area contributed by atoms with Crippen LogP contribution in [0.3, 0.4) is 0 Å². The Morgan fingerprint density at radius 3 is 2.47 bits per heavy atom. The molecule has 16 nitrogen and oxygen atoms in total. The highest BCUT2D eigenvalue weighted by atomic mass is 35.5. The zero-order valence-electron chi connectivity index (χ0n) is 35.1. The number of carbonyl (C=O) groups is 4. The van der Waals surface area contributed by atoms with Gasteiger partial charge in [-0.1, -0.05) is 23.7 Å². The van der Waals surface area contributed by atoms with E-state index in [2.05, 4.69) is 19.1 Å². The van der Waals surface area contributed by atoms with Gasteiger partial charge in [0, 0.05) is 78.6 Å². The smallest absolute Gasteiger partial charge is 0.409 e. The Kier molecular flexibility index (Phi) is 14.1. The quantitative estimate of drug-likeness (QED) is 0.320. The summed E-state index contributed by atoms with van der Waals surface area (Å²) < 4.78 is 47.2. The number of anilines is 1. The van der Waals surface area contributed by atoms with Gasteiger partial charge in [-0.05, 0) is 91.5 Å². The van der Waals surface area contributed by atoms with E-state index >= 15 is 4.21 Å². The molecule has 3 aromatic rings. The lowest BCUT2D eigenvalue weighted by Crippen LogP contribution is -2.48. The number of fused-ring (bicyclic) bond motifs is 3. The number of ether oxygens (including phenoxy) is 4. The fourth-order valence-corrected chi connectivity index (χ4v) is 9.96. The van der Waals surface area contributed by atoms with Gasteiger partial charge in [-0.25, -0.2) is 9.00 Å². The zero-order valence-corrected chi connectivity index (χ0v) is 36.7. The third kappa shape index (κ3) is 10.1. The maximum Gasteiger partial charge on any atom is 0.409 e. The molecule has 6 rings (SSSR count). The topological polar surface area (TPSA) is 174 Å². The fourth-order valence-electron chi connectivity index (χ4n) is 7.78. The second-order valence-corrected chi connectivity index (χ2v) is 18.3. The van der Waals surface area contributed by atoms with Crippen LogP contribution in [-0.2, 0) is 44.2 Å². The van der Waals surface area contributed by atoms with E-state index in [-0.39, 0.29) is 28.8 Å². The Hall–Kier alpha value is -5.13. The molecule has 2 bridgehead atoms. The number of hydrogen-bond acceptors (Lipinski definition) is 11. The van der Waals surface area contributed by atoms with E-state index in [9.17, 15) is 19.2 Å². The first kappa shape index (κ1) is 44.4. The van der Waals surface area contributed by atoms with Gasteiger partial charge in [-0.3, -0.25) is 23.8 Å². The van der Waals surface area contributed by atoms with Crippen LogP contribution in [0.2, 0.25) is 5.02 Å². The molecule has 1 aliphatic carbocycles. The van der Waals surface area contributed by atoms with Gasteiger partial charge in [0.25, 0.3) is 11.8 Å². The standard InChI is InChI=1S/C42H54ClN7O9S/c1-47(2)41(53)37-22-31(59-42(54)48(3)4)15-18-35(56-6)32-16-12-29(32)24-50-23-28-11-14-30(43)20-26(28)10-8-9-19-58-36-17-13-27(21-34(36)50)38(51)45-60(37,55)46-39(52)33-25-49(5)44-40(33)57-7/h11,13-15,17-18,20-21,25,29,31-32,35,37H,8-10,12,16,19,22-24H2,1-7H3,(H,45,46,51,52,55)/b18-15+/t29-,31-,32+,35-,37?,60?/m0/s1. The number of aryl methyl sites for hydroxylation is 2. The lowest BCUT2D eigenvalue weighted by Gasteiger charge is -2.43. The van der Waals surface area contributed by atoms with Gasteiger partial charge in [0.05, 0.1) is 25.5 Å². The van der Waals surface area contributed by atoms with Gasteiger partial charge in [0.15, 0.2) is 9.92 Å². The maximum absolute atomic E-state index is 15.6. The van der Waals surface area contributed by atoms with E-state index in [4.69, 9.17) is 30.5 Å². The van der Waals surface area contributed by atoms with Crippen molar-refractivity contribution in [3.63, 3.8) is 0 Å². The van der Waals surface area contributed by atoms with Crippen LogP contribution in [0.25, 0.3) is 0 Å².